The van der Waals surface area contributed by atoms with E-state index in [1.165, 1.54) is 0 Å². The van der Waals surface area contributed by atoms with Crippen molar-refractivity contribution >= 4 is 5.97 Å². The molecule has 1 atom stereocenters. The van der Waals surface area contributed by atoms with Crippen molar-refractivity contribution < 1.29 is 14.0 Å². The van der Waals surface area contributed by atoms with E-state index in [0.29, 0.717) is 6.54 Å². The summed E-state index contributed by atoms with van der Waals surface area (Å²) in [5, 5.41) is 0. The molecule has 0 aromatic carbocycles. The highest BCUT2D eigenvalue weighted by atomic mass is 16.5. The third kappa shape index (κ3) is 4.65. The lowest BCUT2D eigenvalue weighted by molar-refractivity contribution is -0.916. The summed E-state index contributed by atoms with van der Waals surface area (Å²) >= 11 is 0. The van der Waals surface area contributed by atoms with Crippen LogP contribution in [0.25, 0.3) is 0 Å². The average Bonchev–Trinajstić information content (AvgIpc) is 2.26. The second-order valence-electron chi connectivity index (χ2n) is 4.16. The molecular formula is C12H26NO2+. The van der Waals surface area contributed by atoms with E-state index in [-0.39, 0.29) is 12.1 Å². The summed E-state index contributed by atoms with van der Waals surface area (Å²) in [6, 6.07) is 0. The van der Waals surface area contributed by atoms with Gasteiger partial charge in [0.2, 0.25) is 0 Å². The van der Waals surface area contributed by atoms with Crippen LogP contribution >= 0.6 is 0 Å². The minimum Gasteiger partial charge on any atom is -0.459 e. The molecule has 90 valence electrons. The predicted molar refractivity (Wildman–Crippen MR) is 62.6 cm³/mol. The van der Waals surface area contributed by atoms with E-state index in [9.17, 15) is 4.79 Å². The van der Waals surface area contributed by atoms with Gasteiger partial charge in [-0.25, -0.2) is 4.79 Å². The first kappa shape index (κ1) is 14.4. The minimum atomic E-state index is -0.0603. The molecule has 0 saturated carbocycles. The Bertz CT molecular complexity index is 180. The molecule has 0 rings (SSSR count). The number of nitrogens with zero attached hydrogens (tertiary/aromatic N) is 1. The molecule has 0 aliphatic carbocycles. The second-order valence-corrected chi connectivity index (χ2v) is 4.16. The van der Waals surface area contributed by atoms with E-state index in [4.69, 9.17) is 4.74 Å². The number of quaternary nitrogens is 1. The Morgan fingerprint density at radius 2 is 1.60 bits per heavy atom. The van der Waals surface area contributed by atoms with Crippen molar-refractivity contribution in [3.8, 4) is 0 Å². The second kappa shape index (κ2) is 6.83. The summed E-state index contributed by atoms with van der Waals surface area (Å²) in [5.74, 6) is -0.0603. The number of carbonyl (C=O) groups excluding carboxylic acids is 1. The van der Waals surface area contributed by atoms with Crippen LogP contribution in [0.2, 0.25) is 0 Å². The van der Waals surface area contributed by atoms with Gasteiger partial charge < -0.3 is 9.22 Å². The molecule has 15 heavy (non-hydrogen) atoms. The van der Waals surface area contributed by atoms with Crippen LogP contribution in [0.5, 0.6) is 0 Å². The van der Waals surface area contributed by atoms with E-state index in [1.54, 1.807) is 0 Å². The average molecular weight is 216 g/mol. The number of ether oxygens (including phenoxy) is 1. The van der Waals surface area contributed by atoms with E-state index in [1.807, 2.05) is 13.8 Å². The van der Waals surface area contributed by atoms with Crippen molar-refractivity contribution in [1.29, 1.82) is 0 Å². The maximum atomic E-state index is 11.7. The molecule has 1 unspecified atom stereocenters. The SMILES string of the molecule is CCC(C)OC(=O)C[N+](CC)(CC)CC. The Hall–Kier alpha value is -0.570. The summed E-state index contributed by atoms with van der Waals surface area (Å²) in [5.41, 5.74) is 0. The first-order valence-corrected chi connectivity index (χ1v) is 6.08. The molecule has 0 N–H and O–H groups in total. The molecule has 0 radical (unpaired) electrons. The van der Waals surface area contributed by atoms with Crippen molar-refractivity contribution in [2.45, 2.75) is 47.1 Å². The quantitative estimate of drug-likeness (QED) is 0.482. The molecular weight excluding hydrogens is 190 g/mol. The molecule has 0 aliphatic heterocycles. The van der Waals surface area contributed by atoms with E-state index < -0.39 is 0 Å². The van der Waals surface area contributed by atoms with Gasteiger partial charge in [0.15, 0.2) is 6.54 Å². The molecule has 3 nitrogen and oxygen atoms in total. The zero-order valence-corrected chi connectivity index (χ0v) is 10.9. The minimum absolute atomic E-state index is 0.0463. The molecule has 0 spiro atoms. The molecule has 0 bridgehead atoms. The summed E-state index contributed by atoms with van der Waals surface area (Å²) < 4.78 is 6.13. The number of hydrogen-bond acceptors (Lipinski definition) is 2. The van der Waals surface area contributed by atoms with Gasteiger partial charge in [0.05, 0.1) is 25.7 Å². The van der Waals surface area contributed by atoms with E-state index in [0.717, 1.165) is 30.5 Å². The first-order valence-electron chi connectivity index (χ1n) is 6.08. The fraction of sp³-hybridized carbons (Fsp3) is 0.917. The molecule has 0 fully saturated rings. The van der Waals surface area contributed by atoms with Gasteiger partial charge in [0, 0.05) is 0 Å². The van der Waals surface area contributed by atoms with Gasteiger partial charge in [-0.15, -0.1) is 0 Å². The van der Waals surface area contributed by atoms with E-state index in [2.05, 4.69) is 20.8 Å². The number of likely N-dealkylation sites (N-methyl/N-ethyl adjacent to an activating group) is 1. The van der Waals surface area contributed by atoms with Crippen LogP contribution in [0.15, 0.2) is 0 Å². The smallest absolute Gasteiger partial charge is 0.362 e. The number of carbonyl (C=O) groups is 1. The zero-order chi connectivity index (χ0) is 11.9. The molecule has 0 saturated heterocycles. The molecule has 0 aromatic heterocycles. The Morgan fingerprint density at radius 3 is 1.93 bits per heavy atom. The normalized spacial score (nSPS) is 13.7. The third-order valence-corrected chi connectivity index (χ3v) is 3.38. The van der Waals surface area contributed by atoms with Gasteiger partial charge in [-0.2, -0.15) is 0 Å². The van der Waals surface area contributed by atoms with Crippen LogP contribution < -0.4 is 0 Å². The third-order valence-electron chi connectivity index (χ3n) is 3.38. The monoisotopic (exact) mass is 216 g/mol. The van der Waals surface area contributed by atoms with Crippen molar-refractivity contribution in [3.05, 3.63) is 0 Å². The lowest BCUT2D eigenvalue weighted by Gasteiger charge is -2.34. The molecule has 0 aromatic rings. The fourth-order valence-corrected chi connectivity index (χ4v) is 1.63. The van der Waals surface area contributed by atoms with Gasteiger partial charge in [-0.3, -0.25) is 0 Å². The topological polar surface area (TPSA) is 26.3 Å². The van der Waals surface area contributed by atoms with Gasteiger partial charge in [0.25, 0.3) is 0 Å². The Labute approximate surface area is 94.0 Å². The Kier molecular flexibility index (Phi) is 6.57. The van der Waals surface area contributed by atoms with Crippen LogP contribution in [-0.4, -0.2) is 42.7 Å². The van der Waals surface area contributed by atoms with Gasteiger partial charge in [0.1, 0.15) is 0 Å². The molecule has 3 heteroatoms. The summed E-state index contributed by atoms with van der Waals surface area (Å²) in [6.45, 7) is 13.8. The summed E-state index contributed by atoms with van der Waals surface area (Å²) in [7, 11) is 0. The van der Waals surface area contributed by atoms with Gasteiger partial charge >= 0.3 is 5.97 Å². The Balaban J connectivity index is 4.23. The number of hydrogen-bond donors (Lipinski definition) is 0. The van der Waals surface area contributed by atoms with Crippen LogP contribution in [0.3, 0.4) is 0 Å². The van der Waals surface area contributed by atoms with Crippen LogP contribution in [-0.2, 0) is 9.53 Å². The van der Waals surface area contributed by atoms with Crippen molar-refractivity contribution in [3.63, 3.8) is 0 Å². The lowest BCUT2D eigenvalue weighted by Crippen LogP contribution is -2.51. The van der Waals surface area contributed by atoms with Crippen molar-refractivity contribution in [2.75, 3.05) is 26.2 Å². The van der Waals surface area contributed by atoms with Crippen molar-refractivity contribution in [2.24, 2.45) is 0 Å². The van der Waals surface area contributed by atoms with Crippen LogP contribution in [0, 0.1) is 0 Å². The van der Waals surface area contributed by atoms with Crippen LogP contribution in [0.4, 0.5) is 0 Å². The maximum Gasteiger partial charge on any atom is 0.362 e. The summed E-state index contributed by atoms with van der Waals surface area (Å²) in [4.78, 5) is 11.7. The standard InChI is InChI=1S/C12H26NO2/c1-6-11(5)15-12(14)10-13(7-2,8-3)9-4/h11H,6-10H2,1-5H3/q+1. The zero-order valence-electron chi connectivity index (χ0n) is 10.9. The van der Waals surface area contributed by atoms with E-state index >= 15 is 0 Å². The summed E-state index contributed by atoms with van der Waals surface area (Å²) in [6.07, 6.45) is 0.931. The number of esters is 1. The predicted octanol–water partition coefficient (Wildman–Crippen LogP) is 2.20. The fourth-order valence-electron chi connectivity index (χ4n) is 1.63. The van der Waals surface area contributed by atoms with Crippen LogP contribution in [0.1, 0.15) is 41.0 Å². The lowest BCUT2D eigenvalue weighted by atomic mass is 10.3. The molecule has 0 amide bonds. The van der Waals surface area contributed by atoms with Gasteiger partial charge in [-0.1, -0.05) is 6.92 Å². The molecule has 0 heterocycles. The highest BCUT2D eigenvalue weighted by Gasteiger charge is 2.26. The highest BCUT2D eigenvalue weighted by Crippen LogP contribution is 2.07. The molecule has 0 aliphatic rings. The highest BCUT2D eigenvalue weighted by molar-refractivity contribution is 5.70. The number of rotatable bonds is 7. The van der Waals surface area contributed by atoms with Crippen molar-refractivity contribution in [1.82, 2.24) is 0 Å². The Morgan fingerprint density at radius 1 is 1.13 bits per heavy atom. The largest absolute Gasteiger partial charge is 0.459 e. The van der Waals surface area contributed by atoms with Gasteiger partial charge in [-0.05, 0) is 34.1 Å². The maximum absolute atomic E-state index is 11.7. The first-order chi connectivity index (χ1) is 7.03.